The van der Waals surface area contributed by atoms with Gasteiger partial charge in [-0.25, -0.2) is 4.39 Å². The van der Waals surface area contributed by atoms with Crippen LogP contribution in [0.5, 0.6) is 5.75 Å². The van der Waals surface area contributed by atoms with Gasteiger partial charge in [0.15, 0.2) is 6.10 Å². The van der Waals surface area contributed by atoms with E-state index in [-0.39, 0.29) is 24.3 Å². The first-order valence-electron chi connectivity index (χ1n) is 8.25. The normalized spacial score (nSPS) is 21.0. The van der Waals surface area contributed by atoms with Crippen LogP contribution in [-0.2, 0) is 14.4 Å². The second-order valence-electron chi connectivity index (χ2n) is 6.37. The van der Waals surface area contributed by atoms with Gasteiger partial charge in [0.25, 0.3) is 5.91 Å². The van der Waals surface area contributed by atoms with Gasteiger partial charge in [-0.1, -0.05) is 0 Å². The van der Waals surface area contributed by atoms with E-state index in [2.05, 4.69) is 10.9 Å². The summed E-state index contributed by atoms with van der Waals surface area (Å²) in [6.07, 6.45) is 1.28. The van der Waals surface area contributed by atoms with Gasteiger partial charge in [-0.05, 0) is 44.0 Å². The zero-order valence-electron chi connectivity index (χ0n) is 13.8. The molecule has 1 aliphatic heterocycles. The van der Waals surface area contributed by atoms with Crippen molar-refractivity contribution in [2.24, 2.45) is 5.92 Å². The molecular weight excluding hydrogens is 329 g/mol. The van der Waals surface area contributed by atoms with Crippen LogP contribution in [0.15, 0.2) is 24.3 Å². The van der Waals surface area contributed by atoms with E-state index >= 15 is 0 Å². The topological polar surface area (TPSA) is 87.7 Å². The number of carbonyl (C=O) groups is 3. The molecule has 7 nitrogen and oxygen atoms in total. The Bertz CT molecular complexity index is 675. The van der Waals surface area contributed by atoms with Crippen LogP contribution in [0.1, 0.15) is 26.2 Å². The summed E-state index contributed by atoms with van der Waals surface area (Å²) in [6.45, 7) is 1.91. The van der Waals surface area contributed by atoms with Crippen LogP contribution in [0.3, 0.4) is 0 Å². The van der Waals surface area contributed by atoms with Crippen LogP contribution in [0.2, 0.25) is 0 Å². The number of benzene rings is 1. The smallest absolute Gasteiger partial charge is 0.279 e. The van der Waals surface area contributed by atoms with Gasteiger partial charge in [-0.2, -0.15) is 0 Å². The maximum absolute atomic E-state index is 12.8. The Balaban J connectivity index is 1.44. The molecule has 2 atom stereocenters. The highest BCUT2D eigenvalue weighted by Gasteiger charge is 2.41. The molecule has 3 amide bonds. The van der Waals surface area contributed by atoms with E-state index in [1.807, 2.05) is 0 Å². The number of nitrogens with one attached hydrogen (secondary N) is 2. The molecule has 1 heterocycles. The fourth-order valence-electron chi connectivity index (χ4n) is 2.74. The molecule has 0 radical (unpaired) electrons. The van der Waals surface area contributed by atoms with Crippen molar-refractivity contribution in [3.63, 3.8) is 0 Å². The average Bonchev–Trinajstić information content (AvgIpc) is 3.36. The predicted octanol–water partition coefficient (Wildman–Crippen LogP) is 0.751. The van der Waals surface area contributed by atoms with E-state index in [4.69, 9.17) is 4.74 Å². The number of carbonyl (C=O) groups excluding carboxylic acids is 3. The minimum Gasteiger partial charge on any atom is -0.481 e. The van der Waals surface area contributed by atoms with Crippen molar-refractivity contribution in [1.29, 1.82) is 0 Å². The largest absolute Gasteiger partial charge is 0.481 e. The molecule has 0 unspecified atom stereocenters. The zero-order valence-corrected chi connectivity index (χ0v) is 13.8. The molecule has 1 saturated heterocycles. The van der Waals surface area contributed by atoms with Gasteiger partial charge < -0.3 is 9.64 Å². The lowest BCUT2D eigenvalue weighted by Crippen LogP contribution is -2.49. The molecule has 25 heavy (non-hydrogen) atoms. The molecule has 0 bridgehead atoms. The van der Waals surface area contributed by atoms with E-state index < -0.39 is 23.7 Å². The molecule has 1 saturated carbocycles. The van der Waals surface area contributed by atoms with Crippen LogP contribution in [-0.4, -0.2) is 41.3 Å². The number of amides is 3. The summed E-state index contributed by atoms with van der Waals surface area (Å²) >= 11 is 0. The fraction of sp³-hybridized carbons (Fsp3) is 0.471. The van der Waals surface area contributed by atoms with Crippen molar-refractivity contribution < 1.29 is 23.5 Å². The van der Waals surface area contributed by atoms with Crippen molar-refractivity contribution in [3.05, 3.63) is 30.1 Å². The van der Waals surface area contributed by atoms with Gasteiger partial charge in [0, 0.05) is 19.0 Å². The molecule has 1 aromatic carbocycles. The van der Waals surface area contributed by atoms with Crippen LogP contribution in [0.25, 0.3) is 0 Å². The minimum absolute atomic E-state index is 0.0120. The van der Waals surface area contributed by atoms with Gasteiger partial charge in [-0.3, -0.25) is 25.2 Å². The Kier molecular flexibility index (Phi) is 4.87. The van der Waals surface area contributed by atoms with Gasteiger partial charge in [0.2, 0.25) is 11.8 Å². The standard InChI is InChI=1S/C17H20FN3O4/c1-10(25-14-6-2-12(18)3-7-14)16(23)19-20-17(24)11-8-15(22)21(9-11)13-4-5-13/h2-3,6-7,10-11,13H,4-5,8-9H2,1H3,(H,19,23)(H,20,24)/t10-,11-/m0/s1. The lowest BCUT2D eigenvalue weighted by molar-refractivity contribution is -0.134. The Morgan fingerprint density at radius 1 is 1.24 bits per heavy atom. The van der Waals surface area contributed by atoms with Crippen LogP contribution >= 0.6 is 0 Å². The lowest BCUT2D eigenvalue weighted by atomic mass is 10.1. The van der Waals surface area contributed by atoms with Crippen molar-refractivity contribution in [2.75, 3.05) is 6.54 Å². The zero-order chi connectivity index (χ0) is 18.0. The molecule has 2 N–H and O–H groups in total. The highest BCUT2D eigenvalue weighted by Crippen LogP contribution is 2.32. The molecule has 1 aromatic rings. The quantitative estimate of drug-likeness (QED) is 0.768. The minimum atomic E-state index is -0.876. The van der Waals surface area contributed by atoms with E-state index in [0.717, 1.165) is 12.8 Å². The Hall–Kier alpha value is -2.64. The molecular formula is C17H20FN3O4. The van der Waals surface area contributed by atoms with Crippen LogP contribution in [0, 0.1) is 11.7 Å². The molecule has 2 aliphatic rings. The van der Waals surface area contributed by atoms with E-state index in [9.17, 15) is 18.8 Å². The highest BCUT2D eigenvalue weighted by atomic mass is 19.1. The maximum Gasteiger partial charge on any atom is 0.279 e. The average molecular weight is 349 g/mol. The van der Waals surface area contributed by atoms with E-state index in [0.29, 0.717) is 12.3 Å². The van der Waals surface area contributed by atoms with Crippen molar-refractivity contribution in [3.8, 4) is 5.75 Å². The number of hydrogen-bond acceptors (Lipinski definition) is 4. The summed E-state index contributed by atoms with van der Waals surface area (Å²) in [4.78, 5) is 37.7. The first-order chi connectivity index (χ1) is 11.9. The van der Waals surface area contributed by atoms with Crippen molar-refractivity contribution in [1.82, 2.24) is 15.8 Å². The fourth-order valence-corrected chi connectivity index (χ4v) is 2.74. The van der Waals surface area contributed by atoms with E-state index in [1.165, 1.54) is 31.2 Å². The number of nitrogens with zero attached hydrogens (tertiary/aromatic N) is 1. The Labute approximate surface area is 144 Å². The summed E-state index contributed by atoms with van der Waals surface area (Å²) in [5, 5.41) is 0. The van der Waals surface area contributed by atoms with Gasteiger partial charge in [0.05, 0.1) is 5.92 Å². The number of hydrazine groups is 1. The second kappa shape index (κ2) is 7.08. The number of likely N-dealkylation sites (tertiary alicyclic amines) is 1. The van der Waals surface area contributed by atoms with Gasteiger partial charge in [-0.15, -0.1) is 0 Å². The van der Waals surface area contributed by atoms with E-state index in [1.54, 1.807) is 4.90 Å². The summed E-state index contributed by atoms with van der Waals surface area (Å²) in [6, 6.07) is 5.56. The third kappa shape index (κ3) is 4.26. The van der Waals surface area contributed by atoms with Crippen LogP contribution < -0.4 is 15.6 Å². The molecule has 0 aromatic heterocycles. The molecule has 134 valence electrons. The first-order valence-corrected chi connectivity index (χ1v) is 8.25. The summed E-state index contributed by atoms with van der Waals surface area (Å²) in [5.41, 5.74) is 4.64. The third-order valence-electron chi connectivity index (χ3n) is 4.32. The Morgan fingerprint density at radius 2 is 1.92 bits per heavy atom. The lowest BCUT2D eigenvalue weighted by Gasteiger charge is -2.17. The van der Waals surface area contributed by atoms with Gasteiger partial charge >= 0.3 is 0 Å². The predicted molar refractivity (Wildman–Crippen MR) is 85.6 cm³/mol. The maximum atomic E-state index is 12.8. The third-order valence-corrected chi connectivity index (χ3v) is 4.32. The summed E-state index contributed by atoms with van der Waals surface area (Å²) in [7, 11) is 0. The second-order valence-corrected chi connectivity index (χ2v) is 6.37. The first kappa shape index (κ1) is 17.2. The number of ether oxygens (including phenoxy) is 1. The van der Waals surface area contributed by atoms with Crippen molar-refractivity contribution >= 4 is 17.7 Å². The van der Waals surface area contributed by atoms with Crippen molar-refractivity contribution in [2.45, 2.75) is 38.3 Å². The SMILES string of the molecule is C[C@H](Oc1ccc(F)cc1)C(=O)NNC(=O)[C@H]1CC(=O)N(C2CC2)C1. The molecule has 8 heteroatoms. The molecule has 1 aliphatic carbocycles. The Morgan fingerprint density at radius 3 is 2.56 bits per heavy atom. The number of rotatable bonds is 5. The highest BCUT2D eigenvalue weighted by molar-refractivity contribution is 5.91. The number of halogens is 1. The molecule has 2 fully saturated rings. The van der Waals surface area contributed by atoms with Gasteiger partial charge in [0.1, 0.15) is 11.6 Å². The van der Waals surface area contributed by atoms with Crippen LogP contribution in [0.4, 0.5) is 4.39 Å². The molecule has 0 spiro atoms. The summed E-state index contributed by atoms with van der Waals surface area (Å²) in [5.74, 6) is -1.46. The molecule has 3 rings (SSSR count). The summed E-state index contributed by atoms with van der Waals surface area (Å²) < 4.78 is 18.2. The number of hydrogen-bond donors (Lipinski definition) is 2. The monoisotopic (exact) mass is 349 g/mol.